The SMILES string of the molecule is COC(=O)CCC(=O)Nc1ccc(OCc2ccc(Cl)cc2)cc1. The molecule has 1 N–H and O–H groups in total. The summed E-state index contributed by atoms with van der Waals surface area (Å²) in [6.45, 7) is 0.433. The van der Waals surface area contributed by atoms with Gasteiger partial charge in [0.1, 0.15) is 12.4 Å². The standard InChI is InChI=1S/C18H18ClNO4/c1-23-18(22)11-10-17(21)20-15-6-8-16(9-7-15)24-12-13-2-4-14(19)5-3-13/h2-9H,10-12H2,1H3,(H,20,21). The lowest BCUT2D eigenvalue weighted by Gasteiger charge is -2.08. The maximum atomic E-state index is 11.7. The maximum absolute atomic E-state index is 11.7. The molecule has 0 bridgehead atoms. The summed E-state index contributed by atoms with van der Waals surface area (Å²) < 4.78 is 10.2. The van der Waals surface area contributed by atoms with E-state index in [-0.39, 0.29) is 18.7 Å². The lowest BCUT2D eigenvalue weighted by atomic mass is 10.2. The van der Waals surface area contributed by atoms with E-state index in [1.54, 1.807) is 24.3 Å². The highest BCUT2D eigenvalue weighted by Crippen LogP contribution is 2.18. The van der Waals surface area contributed by atoms with E-state index in [1.807, 2.05) is 24.3 Å². The Bertz CT molecular complexity index is 683. The van der Waals surface area contributed by atoms with Crippen LogP contribution in [0.4, 0.5) is 5.69 Å². The molecular weight excluding hydrogens is 330 g/mol. The molecule has 1 amide bonds. The minimum atomic E-state index is -0.406. The van der Waals surface area contributed by atoms with Gasteiger partial charge < -0.3 is 14.8 Å². The highest BCUT2D eigenvalue weighted by atomic mass is 35.5. The molecular formula is C18H18ClNO4. The number of nitrogens with one attached hydrogen (secondary N) is 1. The minimum absolute atomic E-state index is 0.0601. The van der Waals surface area contributed by atoms with E-state index in [0.717, 1.165) is 5.56 Å². The topological polar surface area (TPSA) is 64.6 Å². The predicted octanol–water partition coefficient (Wildman–Crippen LogP) is 3.81. The largest absolute Gasteiger partial charge is 0.489 e. The molecule has 5 nitrogen and oxygen atoms in total. The molecule has 0 atom stereocenters. The van der Waals surface area contributed by atoms with Crippen molar-refractivity contribution in [3.05, 3.63) is 59.1 Å². The van der Waals surface area contributed by atoms with Crippen LogP contribution in [0.3, 0.4) is 0 Å². The van der Waals surface area contributed by atoms with E-state index in [9.17, 15) is 9.59 Å². The Morgan fingerprint density at radius 1 is 1.00 bits per heavy atom. The van der Waals surface area contributed by atoms with Crippen LogP contribution in [0.15, 0.2) is 48.5 Å². The summed E-state index contributed by atoms with van der Waals surface area (Å²) >= 11 is 5.83. The summed E-state index contributed by atoms with van der Waals surface area (Å²) in [4.78, 5) is 22.7. The summed E-state index contributed by atoms with van der Waals surface area (Å²) in [7, 11) is 1.29. The monoisotopic (exact) mass is 347 g/mol. The number of rotatable bonds is 7. The number of anilines is 1. The Hall–Kier alpha value is -2.53. The average Bonchev–Trinajstić information content (AvgIpc) is 2.60. The van der Waals surface area contributed by atoms with Crippen LogP contribution in [-0.4, -0.2) is 19.0 Å². The van der Waals surface area contributed by atoms with Gasteiger partial charge in [-0.2, -0.15) is 0 Å². The van der Waals surface area contributed by atoms with Crippen molar-refractivity contribution in [3.63, 3.8) is 0 Å². The first-order chi connectivity index (χ1) is 11.6. The van der Waals surface area contributed by atoms with E-state index in [1.165, 1.54) is 7.11 Å². The van der Waals surface area contributed by atoms with Crippen molar-refractivity contribution >= 4 is 29.2 Å². The molecule has 0 saturated carbocycles. The van der Waals surface area contributed by atoms with Crippen molar-refractivity contribution in [3.8, 4) is 5.75 Å². The number of hydrogen-bond donors (Lipinski definition) is 1. The molecule has 6 heteroatoms. The third kappa shape index (κ3) is 5.93. The molecule has 24 heavy (non-hydrogen) atoms. The van der Waals surface area contributed by atoms with Gasteiger partial charge in [0, 0.05) is 17.1 Å². The van der Waals surface area contributed by atoms with Gasteiger partial charge in [0.2, 0.25) is 5.91 Å². The minimum Gasteiger partial charge on any atom is -0.489 e. The maximum Gasteiger partial charge on any atom is 0.306 e. The van der Waals surface area contributed by atoms with Crippen LogP contribution in [0, 0.1) is 0 Å². The Labute approximate surface area is 145 Å². The zero-order valence-corrected chi connectivity index (χ0v) is 14.0. The number of amides is 1. The second-order valence-electron chi connectivity index (χ2n) is 5.06. The van der Waals surface area contributed by atoms with Gasteiger partial charge in [0.15, 0.2) is 0 Å². The number of hydrogen-bond acceptors (Lipinski definition) is 4. The average molecular weight is 348 g/mol. The van der Waals surface area contributed by atoms with Crippen LogP contribution < -0.4 is 10.1 Å². The quantitative estimate of drug-likeness (QED) is 0.773. The molecule has 0 aliphatic heterocycles. The van der Waals surface area contributed by atoms with E-state index in [0.29, 0.717) is 23.1 Å². The van der Waals surface area contributed by atoms with Crippen LogP contribution in [0.1, 0.15) is 18.4 Å². The molecule has 0 aliphatic carbocycles. The van der Waals surface area contributed by atoms with Crippen molar-refractivity contribution in [1.29, 1.82) is 0 Å². The number of methoxy groups -OCH3 is 1. The van der Waals surface area contributed by atoms with Crippen molar-refractivity contribution in [2.24, 2.45) is 0 Å². The first kappa shape index (κ1) is 17.8. The zero-order valence-electron chi connectivity index (χ0n) is 13.3. The van der Waals surface area contributed by atoms with Crippen LogP contribution in [0.25, 0.3) is 0 Å². The first-order valence-electron chi connectivity index (χ1n) is 7.41. The van der Waals surface area contributed by atoms with E-state index >= 15 is 0 Å². The fourth-order valence-corrected chi connectivity index (χ4v) is 2.05. The highest BCUT2D eigenvalue weighted by Gasteiger charge is 2.07. The molecule has 0 fully saturated rings. The first-order valence-corrected chi connectivity index (χ1v) is 7.78. The molecule has 0 unspecified atom stereocenters. The Kier molecular flexibility index (Phi) is 6.63. The molecule has 0 saturated heterocycles. The molecule has 2 rings (SSSR count). The van der Waals surface area contributed by atoms with E-state index < -0.39 is 5.97 Å². The second kappa shape index (κ2) is 8.93. The Morgan fingerprint density at radius 3 is 2.29 bits per heavy atom. The van der Waals surface area contributed by atoms with Gasteiger partial charge in [0.05, 0.1) is 13.5 Å². The van der Waals surface area contributed by atoms with Crippen LogP contribution in [0.5, 0.6) is 5.75 Å². The fraction of sp³-hybridized carbons (Fsp3) is 0.222. The number of halogens is 1. The van der Waals surface area contributed by atoms with Crippen molar-refractivity contribution in [1.82, 2.24) is 0 Å². The number of carbonyl (C=O) groups excluding carboxylic acids is 2. The van der Waals surface area contributed by atoms with Crippen LogP contribution in [0.2, 0.25) is 5.02 Å². The van der Waals surface area contributed by atoms with Gasteiger partial charge in [-0.05, 0) is 42.0 Å². The summed E-state index contributed by atoms with van der Waals surface area (Å²) in [5.41, 5.74) is 1.66. The normalized spacial score (nSPS) is 10.1. The smallest absolute Gasteiger partial charge is 0.306 e. The molecule has 2 aromatic carbocycles. The van der Waals surface area contributed by atoms with Gasteiger partial charge in [-0.15, -0.1) is 0 Å². The summed E-state index contributed by atoms with van der Waals surface area (Å²) in [6, 6.07) is 14.5. The van der Waals surface area contributed by atoms with Gasteiger partial charge in [-0.3, -0.25) is 9.59 Å². The number of carbonyl (C=O) groups is 2. The van der Waals surface area contributed by atoms with E-state index in [2.05, 4.69) is 10.1 Å². The third-order valence-electron chi connectivity index (χ3n) is 3.24. The summed E-state index contributed by atoms with van der Waals surface area (Å²) in [6.07, 6.45) is 0.145. The van der Waals surface area contributed by atoms with Crippen molar-refractivity contribution < 1.29 is 19.1 Å². The zero-order chi connectivity index (χ0) is 17.4. The molecule has 0 spiro atoms. The second-order valence-corrected chi connectivity index (χ2v) is 5.50. The molecule has 0 aromatic heterocycles. The molecule has 2 aromatic rings. The lowest BCUT2D eigenvalue weighted by molar-refractivity contribution is -0.141. The predicted molar refractivity (Wildman–Crippen MR) is 92.1 cm³/mol. The summed E-state index contributed by atoms with van der Waals surface area (Å²) in [5, 5.41) is 3.40. The summed E-state index contributed by atoms with van der Waals surface area (Å²) in [5.74, 6) is 0.0452. The molecule has 0 aliphatic rings. The molecule has 0 heterocycles. The number of ether oxygens (including phenoxy) is 2. The van der Waals surface area contributed by atoms with Gasteiger partial charge in [-0.1, -0.05) is 23.7 Å². The van der Waals surface area contributed by atoms with Gasteiger partial charge >= 0.3 is 5.97 Å². The molecule has 126 valence electrons. The van der Waals surface area contributed by atoms with Crippen molar-refractivity contribution in [2.75, 3.05) is 12.4 Å². The van der Waals surface area contributed by atoms with Crippen LogP contribution >= 0.6 is 11.6 Å². The Morgan fingerprint density at radius 2 is 1.67 bits per heavy atom. The number of benzene rings is 2. The third-order valence-corrected chi connectivity index (χ3v) is 3.49. The van der Waals surface area contributed by atoms with Crippen molar-refractivity contribution in [2.45, 2.75) is 19.4 Å². The van der Waals surface area contributed by atoms with E-state index in [4.69, 9.17) is 16.3 Å². The highest BCUT2D eigenvalue weighted by molar-refractivity contribution is 6.30. The Balaban J connectivity index is 1.80. The van der Waals surface area contributed by atoms with Crippen LogP contribution in [-0.2, 0) is 20.9 Å². The lowest BCUT2D eigenvalue weighted by Crippen LogP contribution is -2.13. The fourth-order valence-electron chi connectivity index (χ4n) is 1.92. The number of esters is 1. The van der Waals surface area contributed by atoms with Gasteiger partial charge in [0.25, 0.3) is 0 Å². The van der Waals surface area contributed by atoms with Gasteiger partial charge in [-0.25, -0.2) is 0 Å². The molecule has 0 radical (unpaired) electrons.